The molecule has 4 rings (SSSR count). The van der Waals surface area contributed by atoms with Gasteiger partial charge in [0.1, 0.15) is 11.4 Å². The van der Waals surface area contributed by atoms with Crippen LogP contribution in [0.25, 0.3) is 10.2 Å². The first kappa shape index (κ1) is 19.8. The lowest BCUT2D eigenvalue weighted by Crippen LogP contribution is -2.36. The third kappa shape index (κ3) is 3.82. The first-order chi connectivity index (χ1) is 13.5. The fourth-order valence-corrected chi connectivity index (χ4v) is 6.57. The van der Waals surface area contributed by atoms with Crippen molar-refractivity contribution in [3.63, 3.8) is 0 Å². The summed E-state index contributed by atoms with van der Waals surface area (Å²) in [6, 6.07) is 4.00. The Morgan fingerprint density at radius 2 is 2.21 bits per heavy atom. The van der Waals surface area contributed by atoms with Crippen LogP contribution in [0.3, 0.4) is 0 Å². The largest absolute Gasteiger partial charge is 0.336 e. The molecule has 0 saturated heterocycles. The standard InChI is InChI=1S/C20H22BrN3O2S2/c1-3-23(9-13-5-7-16(21)27-13)17(25)10-24-11-22-19-18(20(24)26)14-6-4-12(2)8-15(14)28-19/h5,7,11-12H,3-4,6,8-10H2,1-2H3. The number of thiophene rings is 2. The minimum atomic E-state index is -0.0830. The number of hydrogen-bond donors (Lipinski definition) is 0. The van der Waals surface area contributed by atoms with E-state index in [-0.39, 0.29) is 18.0 Å². The van der Waals surface area contributed by atoms with Crippen molar-refractivity contribution in [1.82, 2.24) is 14.5 Å². The molecule has 1 unspecified atom stereocenters. The summed E-state index contributed by atoms with van der Waals surface area (Å²) in [7, 11) is 0. The van der Waals surface area contributed by atoms with Gasteiger partial charge in [0.05, 0.1) is 22.0 Å². The molecule has 8 heteroatoms. The van der Waals surface area contributed by atoms with Crippen molar-refractivity contribution < 1.29 is 4.79 Å². The number of nitrogens with zero attached hydrogens (tertiary/aromatic N) is 3. The van der Waals surface area contributed by atoms with E-state index in [0.717, 1.165) is 43.7 Å². The summed E-state index contributed by atoms with van der Waals surface area (Å²) in [5.74, 6) is 0.591. The van der Waals surface area contributed by atoms with Gasteiger partial charge in [-0.2, -0.15) is 0 Å². The number of carbonyl (C=O) groups is 1. The molecular formula is C20H22BrN3O2S2. The van der Waals surface area contributed by atoms with E-state index < -0.39 is 0 Å². The number of rotatable bonds is 5. The Bertz CT molecular complexity index is 1080. The predicted octanol–water partition coefficient (Wildman–Crippen LogP) is 4.46. The van der Waals surface area contributed by atoms with Gasteiger partial charge in [-0.3, -0.25) is 14.2 Å². The second-order valence-corrected chi connectivity index (χ2v) is 11.0. The first-order valence-corrected chi connectivity index (χ1v) is 11.9. The summed E-state index contributed by atoms with van der Waals surface area (Å²) in [6.07, 6.45) is 4.59. The molecule has 148 valence electrons. The van der Waals surface area contributed by atoms with Crippen LogP contribution >= 0.6 is 38.6 Å². The zero-order chi connectivity index (χ0) is 19.8. The van der Waals surface area contributed by atoms with Gasteiger partial charge in [-0.05, 0) is 65.7 Å². The Morgan fingerprint density at radius 3 is 2.93 bits per heavy atom. The van der Waals surface area contributed by atoms with E-state index >= 15 is 0 Å². The van der Waals surface area contributed by atoms with Crippen molar-refractivity contribution >= 4 is 54.7 Å². The van der Waals surface area contributed by atoms with E-state index in [1.807, 2.05) is 19.1 Å². The normalized spacial score (nSPS) is 16.3. The molecule has 1 atom stereocenters. The smallest absolute Gasteiger partial charge is 0.262 e. The van der Waals surface area contributed by atoms with E-state index in [1.165, 1.54) is 15.8 Å². The average molecular weight is 480 g/mol. The Hall–Kier alpha value is -1.51. The number of aromatic nitrogens is 2. The summed E-state index contributed by atoms with van der Waals surface area (Å²) in [6.45, 7) is 5.40. The average Bonchev–Trinajstić information content (AvgIpc) is 3.24. The molecule has 3 aromatic heterocycles. The number of aryl methyl sites for hydroxylation is 1. The van der Waals surface area contributed by atoms with Crippen LogP contribution in [-0.2, 0) is 30.7 Å². The monoisotopic (exact) mass is 479 g/mol. The third-order valence-electron chi connectivity index (χ3n) is 5.30. The Labute approximate surface area is 180 Å². The Kier molecular flexibility index (Phi) is 5.71. The van der Waals surface area contributed by atoms with Gasteiger partial charge in [-0.15, -0.1) is 22.7 Å². The topological polar surface area (TPSA) is 55.2 Å². The van der Waals surface area contributed by atoms with Gasteiger partial charge in [-0.1, -0.05) is 6.92 Å². The maximum Gasteiger partial charge on any atom is 0.262 e. The van der Waals surface area contributed by atoms with Crippen molar-refractivity contribution in [3.8, 4) is 0 Å². The maximum absolute atomic E-state index is 13.1. The lowest BCUT2D eigenvalue weighted by atomic mass is 9.89. The van der Waals surface area contributed by atoms with Crippen LogP contribution in [0.1, 0.15) is 35.6 Å². The van der Waals surface area contributed by atoms with Gasteiger partial charge < -0.3 is 4.90 Å². The van der Waals surface area contributed by atoms with E-state index in [9.17, 15) is 9.59 Å². The number of amides is 1. The van der Waals surface area contributed by atoms with E-state index in [0.29, 0.717) is 19.0 Å². The molecule has 1 aliphatic carbocycles. The molecular weight excluding hydrogens is 458 g/mol. The molecule has 3 aromatic rings. The number of likely N-dealkylation sites (N-methyl/N-ethyl adjacent to an activating group) is 1. The minimum Gasteiger partial charge on any atom is -0.336 e. The van der Waals surface area contributed by atoms with Crippen LogP contribution in [0.4, 0.5) is 0 Å². The number of carbonyl (C=O) groups excluding carboxylic acids is 1. The molecule has 0 saturated carbocycles. The number of fused-ring (bicyclic) bond motifs is 3. The van der Waals surface area contributed by atoms with Gasteiger partial charge in [0.25, 0.3) is 5.56 Å². The van der Waals surface area contributed by atoms with Crippen LogP contribution in [0.2, 0.25) is 0 Å². The van der Waals surface area contributed by atoms with Crippen LogP contribution in [0.5, 0.6) is 0 Å². The van der Waals surface area contributed by atoms with Crippen molar-refractivity contribution in [2.24, 2.45) is 5.92 Å². The van der Waals surface area contributed by atoms with Crippen LogP contribution in [-0.4, -0.2) is 26.9 Å². The van der Waals surface area contributed by atoms with Crippen LogP contribution in [0.15, 0.2) is 27.0 Å². The minimum absolute atomic E-state index is 0.0309. The van der Waals surface area contributed by atoms with E-state index in [1.54, 1.807) is 27.6 Å². The van der Waals surface area contributed by atoms with Gasteiger partial charge >= 0.3 is 0 Å². The highest BCUT2D eigenvalue weighted by Crippen LogP contribution is 2.35. The molecule has 3 heterocycles. The van der Waals surface area contributed by atoms with Crippen molar-refractivity contribution in [2.45, 2.75) is 46.2 Å². The lowest BCUT2D eigenvalue weighted by Gasteiger charge is -2.20. The highest BCUT2D eigenvalue weighted by atomic mass is 79.9. The molecule has 0 aromatic carbocycles. The number of hydrogen-bond acceptors (Lipinski definition) is 5. The molecule has 0 spiro atoms. The second kappa shape index (κ2) is 8.08. The third-order valence-corrected chi connectivity index (χ3v) is 8.07. The molecule has 0 fully saturated rings. The first-order valence-electron chi connectivity index (χ1n) is 9.48. The molecule has 1 aliphatic rings. The van der Waals surface area contributed by atoms with Crippen LogP contribution < -0.4 is 5.56 Å². The lowest BCUT2D eigenvalue weighted by molar-refractivity contribution is -0.132. The Morgan fingerprint density at radius 1 is 1.39 bits per heavy atom. The Balaban J connectivity index is 1.59. The van der Waals surface area contributed by atoms with Crippen molar-refractivity contribution in [1.29, 1.82) is 0 Å². The second-order valence-electron chi connectivity index (χ2n) is 7.32. The maximum atomic E-state index is 13.1. The fraction of sp³-hybridized carbons (Fsp3) is 0.450. The van der Waals surface area contributed by atoms with Gasteiger partial charge in [0, 0.05) is 16.3 Å². The number of halogens is 1. The highest BCUT2D eigenvalue weighted by Gasteiger charge is 2.24. The summed E-state index contributed by atoms with van der Waals surface area (Å²) in [5.41, 5.74) is 1.08. The zero-order valence-corrected chi connectivity index (χ0v) is 19.1. The molecule has 1 amide bonds. The van der Waals surface area contributed by atoms with Crippen LogP contribution in [0, 0.1) is 5.92 Å². The van der Waals surface area contributed by atoms with Crippen molar-refractivity contribution in [3.05, 3.63) is 47.9 Å². The molecule has 0 bridgehead atoms. The molecule has 0 aliphatic heterocycles. The summed E-state index contributed by atoms with van der Waals surface area (Å²) < 4.78 is 2.52. The summed E-state index contributed by atoms with van der Waals surface area (Å²) in [5, 5.41) is 0.729. The van der Waals surface area contributed by atoms with Gasteiger partial charge in [0.2, 0.25) is 5.91 Å². The molecule has 0 N–H and O–H groups in total. The molecule has 28 heavy (non-hydrogen) atoms. The molecule has 0 radical (unpaired) electrons. The van der Waals surface area contributed by atoms with E-state index in [2.05, 4.69) is 27.8 Å². The summed E-state index contributed by atoms with van der Waals surface area (Å²) >= 11 is 6.72. The highest BCUT2D eigenvalue weighted by molar-refractivity contribution is 9.11. The van der Waals surface area contributed by atoms with Gasteiger partial charge in [0.15, 0.2) is 0 Å². The zero-order valence-electron chi connectivity index (χ0n) is 15.9. The fourth-order valence-electron chi connectivity index (χ4n) is 3.73. The molecule has 5 nitrogen and oxygen atoms in total. The predicted molar refractivity (Wildman–Crippen MR) is 118 cm³/mol. The quantitative estimate of drug-likeness (QED) is 0.542. The summed E-state index contributed by atoms with van der Waals surface area (Å²) in [4.78, 5) is 35.5. The van der Waals surface area contributed by atoms with E-state index in [4.69, 9.17) is 0 Å². The SMILES string of the molecule is CCN(Cc1ccc(Br)s1)C(=O)Cn1cnc2sc3c(c2c1=O)CCC(C)C3. The van der Waals surface area contributed by atoms with Gasteiger partial charge in [-0.25, -0.2) is 4.98 Å². The van der Waals surface area contributed by atoms with Crippen molar-refractivity contribution in [2.75, 3.05) is 6.54 Å².